The summed E-state index contributed by atoms with van der Waals surface area (Å²) in [6.45, 7) is 2.57. The maximum absolute atomic E-state index is 11.1. The van der Waals surface area contributed by atoms with Gasteiger partial charge in [0.05, 0.1) is 25.2 Å². The van der Waals surface area contributed by atoms with E-state index in [1.165, 1.54) is 0 Å². The third-order valence-electron chi connectivity index (χ3n) is 4.81. The molecule has 0 radical (unpaired) electrons. The molecule has 31 heavy (non-hydrogen) atoms. The topological polar surface area (TPSA) is 93.6 Å². The summed E-state index contributed by atoms with van der Waals surface area (Å²) in [6.07, 6.45) is 0. The van der Waals surface area contributed by atoms with Gasteiger partial charge < -0.3 is 19.9 Å². The van der Waals surface area contributed by atoms with Gasteiger partial charge in [0.15, 0.2) is 17.3 Å². The van der Waals surface area contributed by atoms with E-state index in [4.69, 9.17) is 19.6 Å². The van der Waals surface area contributed by atoms with Crippen LogP contribution in [-0.2, 0) is 6.54 Å². The van der Waals surface area contributed by atoms with Crippen LogP contribution < -0.4 is 14.8 Å². The van der Waals surface area contributed by atoms with Gasteiger partial charge in [0.25, 0.3) is 0 Å². The van der Waals surface area contributed by atoms with Crippen LogP contribution in [0.4, 0.5) is 5.82 Å². The number of hydrogen-bond acceptors (Lipinski definition) is 7. The number of thiophene rings is 1. The molecule has 2 heterocycles. The maximum atomic E-state index is 11.1. The van der Waals surface area contributed by atoms with Gasteiger partial charge in [0.2, 0.25) is 0 Å². The number of rotatable bonds is 7. The highest BCUT2D eigenvalue weighted by Crippen LogP contribution is 2.32. The molecule has 158 valence electrons. The molecule has 0 amide bonds. The standard InChI is InChI=1S/C23H21N3O4S/c1-13-10-17-21(24-12-14-4-9-18(29-2)19(11-14)30-3)25-20(26-22(17)31-13)15-5-7-16(8-6-15)23(27)28/h4-11H,12H2,1-3H3,(H,27,28)(H,24,25,26). The molecule has 0 aliphatic heterocycles. The quantitative estimate of drug-likeness (QED) is 0.422. The minimum absolute atomic E-state index is 0.226. The number of carboxylic acids is 1. The number of fused-ring (bicyclic) bond motifs is 1. The molecule has 0 unspecified atom stereocenters. The number of anilines is 1. The number of benzene rings is 2. The van der Waals surface area contributed by atoms with Crippen molar-refractivity contribution in [3.63, 3.8) is 0 Å². The lowest BCUT2D eigenvalue weighted by Gasteiger charge is -2.12. The zero-order valence-electron chi connectivity index (χ0n) is 17.3. The zero-order chi connectivity index (χ0) is 22.0. The van der Waals surface area contributed by atoms with Crippen molar-refractivity contribution in [2.75, 3.05) is 19.5 Å². The third kappa shape index (κ3) is 4.29. The number of aryl methyl sites for hydroxylation is 1. The van der Waals surface area contributed by atoms with Crippen LogP contribution in [0.15, 0.2) is 48.5 Å². The van der Waals surface area contributed by atoms with Crippen molar-refractivity contribution in [2.45, 2.75) is 13.5 Å². The van der Waals surface area contributed by atoms with Crippen LogP contribution in [0.1, 0.15) is 20.8 Å². The number of methoxy groups -OCH3 is 2. The minimum Gasteiger partial charge on any atom is -0.493 e. The number of aromatic carboxylic acids is 1. The first-order valence-electron chi connectivity index (χ1n) is 9.55. The van der Waals surface area contributed by atoms with Gasteiger partial charge >= 0.3 is 5.97 Å². The molecule has 7 nitrogen and oxygen atoms in total. The average Bonchev–Trinajstić information content (AvgIpc) is 3.17. The van der Waals surface area contributed by atoms with Crippen molar-refractivity contribution in [1.82, 2.24) is 9.97 Å². The number of ether oxygens (including phenoxy) is 2. The van der Waals surface area contributed by atoms with E-state index in [-0.39, 0.29) is 5.56 Å². The molecule has 0 saturated carbocycles. The van der Waals surface area contributed by atoms with Crippen molar-refractivity contribution in [2.24, 2.45) is 0 Å². The Kier molecular flexibility index (Phi) is 5.73. The van der Waals surface area contributed by atoms with Gasteiger partial charge in [-0.2, -0.15) is 0 Å². The van der Waals surface area contributed by atoms with Gasteiger partial charge in [-0.05, 0) is 42.8 Å². The predicted octanol–water partition coefficient (Wildman–Crippen LogP) is 4.99. The van der Waals surface area contributed by atoms with E-state index in [1.54, 1.807) is 49.8 Å². The minimum atomic E-state index is -0.964. The molecule has 0 saturated heterocycles. The fraction of sp³-hybridized carbons (Fsp3) is 0.174. The van der Waals surface area contributed by atoms with E-state index in [1.807, 2.05) is 25.1 Å². The van der Waals surface area contributed by atoms with E-state index in [0.29, 0.717) is 23.9 Å². The summed E-state index contributed by atoms with van der Waals surface area (Å²) in [6, 6.07) is 14.4. The lowest BCUT2D eigenvalue weighted by molar-refractivity contribution is 0.0697. The summed E-state index contributed by atoms with van der Waals surface area (Å²) in [7, 11) is 3.22. The molecule has 4 rings (SSSR count). The van der Waals surface area contributed by atoms with Crippen molar-refractivity contribution in [3.8, 4) is 22.9 Å². The Balaban J connectivity index is 1.67. The van der Waals surface area contributed by atoms with E-state index < -0.39 is 5.97 Å². The molecule has 0 spiro atoms. The first kappa shape index (κ1) is 20.6. The van der Waals surface area contributed by atoms with Crippen LogP contribution >= 0.6 is 11.3 Å². The Morgan fingerprint density at radius 2 is 1.77 bits per heavy atom. The first-order valence-corrected chi connectivity index (χ1v) is 10.4. The zero-order valence-corrected chi connectivity index (χ0v) is 18.1. The van der Waals surface area contributed by atoms with Gasteiger partial charge in [-0.15, -0.1) is 11.3 Å². The summed E-state index contributed by atoms with van der Waals surface area (Å²) in [5.41, 5.74) is 2.00. The monoisotopic (exact) mass is 435 g/mol. The van der Waals surface area contributed by atoms with Crippen LogP contribution in [0.2, 0.25) is 0 Å². The fourth-order valence-electron chi connectivity index (χ4n) is 3.24. The summed E-state index contributed by atoms with van der Waals surface area (Å²) >= 11 is 1.59. The Morgan fingerprint density at radius 1 is 1.03 bits per heavy atom. The Bertz CT molecular complexity index is 1250. The molecular formula is C23H21N3O4S. The van der Waals surface area contributed by atoms with Crippen LogP contribution in [0.25, 0.3) is 21.6 Å². The fourth-order valence-corrected chi connectivity index (χ4v) is 4.12. The molecule has 0 aliphatic rings. The number of carboxylic acid groups (broad SMARTS) is 1. The SMILES string of the molecule is COc1ccc(CNc2nc(-c3ccc(C(=O)O)cc3)nc3sc(C)cc23)cc1OC. The van der Waals surface area contributed by atoms with Gasteiger partial charge in [-0.3, -0.25) is 0 Å². The van der Waals surface area contributed by atoms with Crippen LogP contribution in [-0.4, -0.2) is 35.3 Å². The predicted molar refractivity (Wildman–Crippen MR) is 121 cm³/mol. The second-order valence-corrected chi connectivity index (χ2v) is 8.13. The highest BCUT2D eigenvalue weighted by molar-refractivity contribution is 7.18. The smallest absolute Gasteiger partial charge is 0.335 e. The van der Waals surface area contributed by atoms with Gasteiger partial charge in [-0.1, -0.05) is 18.2 Å². The van der Waals surface area contributed by atoms with E-state index in [9.17, 15) is 4.79 Å². The molecule has 0 fully saturated rings. The normalized spacial score (nSPS) is 10.8. The molecule has 2 aromatic carbocycles. The number of carbonyl (C=O) groups is 1. The molecule has 2 N–H and O–H groups in total. The molecule has 8 heteroatoms. The van der Waals surface area contributed by atoms with Crippen LogP contribution in [0.3, 0.4) is 0 Å². The lowest BCUT2D eigenvalue weighted by atomic mass is 10.1. The maximum Gasteiger partial charge on any atom is 0.335 e. The second kappa shape index (κ2) is 8.61. The average molecular weight is 436 g/mol. The summed E-state index contributed by atoms with van der Waals surface area (Å²) in [4.78, 5) is 22.6. The van der Waals surface area contributed by atoms with Crippen molar-refractivity contribution in [3.05, 3.63) is 64.5 Å². The molecule has 4 aromatic rings. The van der Waals surface area contributed by atoms with Gasteiger partial charge in [0.1, 0.15) is 10.6 Å². The third-order valence-corrected chi connectivity index (χ3v) is 5.76. The second-order valence-electron chi connectivity index (χ2n) is 6.90. The Hall–Kier alpha value is -3.65. The van der Waals surface area contributed by atoms with Crippen molar-refractivity contribution >= 4 is 33.3 Å². The molecule has 0 aliphatic carbocycles. The Labute approximate surface area is 183 Å². The lowest BCUT2D eigenvalue weighted by Crippen LogP contribution is -2.04. The van der Waals surface area contributed by atoms with Gasteiger partial charge in [-0.25, -0.2) is 14.8 Å². The highest BCUT2D eigenvalue weighted by atomic mass is 32.1. The largest absolute Gasteiger partial charge is 0.493 e. The van der Waals surface area contributed by atoms with Crippen LogP contribution in [0, 0.1) is 6.92 Å². The summed E-state index contributed by atoms with van der Waals surface area (Å²) in [5.74, 6) is 1.65. The first-order chi connectivity index (χ1) is 15.0. The highest BCUT2D eigenvalue weighted by Gasteiger charge is 2.13. The summed E-state index contributed by atoms with van der Waals surface area (Å²) in [5, 5.41) is 13.5. The number of nitrogens with one attached hydrogen (secondary N) is 1. The van der Waals surface area contributed by atoms with E-state index in [0.717, 1.165) is 32.0 Å². The number of hydrogen-bond donors (Lipinski definition) is 2. The number of aromatic nitrogens is 2. The van der Waals surface area contributed by atoms with Crippen molar-refractivity contribution < 1.29 is 19.4 Å². The van der Waals surface area contributed by atoms with Gasteiger partial charge in [0, 0.05) is 17.0 Å². The van der Waals surface area contributed by atoms with E-state index in [2.05, 4.69) is 16.4 Å². The molecule has 0 bridgehead atoms. The van der Waals surface area contributed by atoms with Crippen LogP contribution in [0.5, 0.6) is 11.5 Å². The Morgan fingerprint density at radius 3 is 2.45 bits per heavy atom. The molecule has 0 atom stereocenters. The molecule has 2 aromatic heterocycles. The molecular weight excluding hydrogens is 414 g/mol. The number of nitrogens with zero attached hydrogens (tertiary/aromatic N) is 2. The van der Waals surface area contributed by atoms with E-state index >= 15 is 0 Å². The van der Waals surface area contributed by atoms with Crippen molar-refractivity contribution in [1.29, 1.82) is 0 Å². The summed E-state index contributed by atoms with van der Waals surface area (Å²) < 4.78 is 10.7.